The van der Waals surface area contributed by atoms with Crippen molar-refractivity contribution in [2.24, 2.45) is 5.92 Å². The second-order valence-electron chi connectivity index (χ2n) is 3.73. The Hall–Kier alpha value is -0.920. The normalized spacial score (nSPS) is 22.0. The van der Waals surface area contributed by atoms with Gasteiger partial charge < -0.3 is 0 Å². The summed E-state index contributed by atoms with van der Waals surface area (Å²) in [6.07, 6.45) is 5.29. The topological polar surface area (TPSA) is 25.8 Å². The molecule has 0 bridgehead atoms. The highest BCUT2D eigenvalue weighted by molar-refractivity contribution is 5.26. The van der Waals surface area contributed by atoms with Crippen LogP contribution < -0.4 is 0 Å². The molecule has 2 heteroatoms. The molecule has 1 unspecified atom stereocenters. The Balaban J connectivity index is 2.42. The van der Waals surface area contributed by atoms with Crippen molar-refractivity contribution in [2.45, 2.75) is 33.1 Å². The van der Waals surface area contributed by atoms with Crippen LogP contribution in [-0.2, 0) is 12.8 Å². The van der Waals surface area contributed by atoms with Gasteiger partial charge in [0, 0.05) is 11.4 Å². The largest absolute Gasteiger partial charge is 0.241 e. The summed E-state index contributed by atoms with van der Waals surface area (Å²) in [6.45, 7) is 4.37. The summed E-state index contributed by atoms with van der Waals surface area (Å²) in [5.41, 5.74) is 3.85. The second-order valence-corrected chi connectivity index (χ2v) is 3.73. The maximum atomic E-state index is 4.32. The fraction of sp³-hybridized carbons (Fsp3) is 0.600. The van der Waals surface area contributed by atoms with Gasteiger partial charge in [0.05, 0.1) is 0 Å². The van der Waals surface area contributed by atoms with Crippen LogP contribution in [0, 0.1) is 12.8 Å². The highest BCUT2D eigenvalue weighted by Crippen LogP contribution is 2.24. The van der Waals surface area contributed by atoms with Crippen LogP contribution in [-0.4, -0.2) is 9.97 Å². The molecule has 0 spiro atoms. The molecule has 1 aliphatic rings. The Labute approximate surface area is 73.1 Å². The average molecular weight is 162 g/mol. The summed E-state index contributed by atoms with van der Waals surface area (Å²) in [6, 6.07) is 0. The van der Waals surface area contributed by atoms with Crippen molar-refractivity contribution in [3.05, 3.63) is 23.3 Å². The third-order valence-electron chi connectivity index (χ3n) is 2.68. The Bertz CT molecular complexity index is 294. The Morgan fingerprint density at radius 3 is 3.08 bits per heavy atom. The highest BCUT2D eigenvalue weighted by atomic mass is 14.8. The lowest BCUT2D eigenvalue weighted by Crippen LogP contribution is -2.14. The molecule has 0 saturated carbocycles. The number of hydrogen-bond donors (Lipinski definition) is 0. The van der Waals surface area contributed by atoms with Gasteiger partial charge in [0.2, 0.25) is 0 Å². The third-order valence-corrected chi connectivity index (χ3v) is 2.68. The van der Waals surface area contributed by atoms with E-state index in [0.29, 0.717) is 0 Å². The van der Waals surface area contributed by atoms with E-state index in [2.05, 4.69) is 23.8 Å². The van der Waals surface area contributed by atoms with E-state index in [9.17, 15) is 0 Å². The Morgan fingerprint density at radius 1 is 1.42 bits per heavy atom. The van der Waals surface area contributed by atoms with Gasteiger partial charge in [0.1, 0.15) is 6.33 Å². The summed E-state index contributed by atoms with van der Waals surface area (Å²) in [5, 5.41) is 0. The van der Waals surface area contributed by atoms with Gasteiger partial charge in [-0.2, -0.15) is 0 Å². The average Bonchev–Trinajstić information content (AvgIpc) is 2.04. The molecule has 1 heterocycles. The van der Waals surface area contributed by atoms with Crippen molar-refractivity contribution in [1.29, 1.82) is 0 Å². The fourth-order valence-electron chi connectivity index (χ4n) is 1.87. The molecule has 2 nitrogen and oxygen atoms in total. The molecule has 0 N–H and O–H groups in total. The smallest absolute Gasteiger partial charge is 0.115 e. The van der Waals surface area contributed by atoms with Crippen LogP contribution in [0.2, 0.25) is 0 Å². The van der Waals surface area contributed by atoms with Crippen LogP contribution in [0.25, 0.3) is 0 Å². The number of aromatic nitrogens is 2. The third kappa shape index (κ3) is 1.22. The van der Waals surface area contributed by atoms with E-state index in [1.807, 2.05) is 0 Å². The molecule has 1 aliphatic carbocycles. The summed E-state index contributed by atoms with van der Waals surface area (Å²) in [7, 11) is 0. The van der Waals surface area contributed by atoms with Crippen LogP contribution in [0.3, 0.4) is 0 Å². The molecule has 0 amide bonds. The van der Waals surface area contributed by atoms with Crippen molar-refractivity contribution >= 4 is 0 Å². The zero-order valence-corrected chi connectivity index (χ0v) is 7.67. The van der Waals surface area contributed by atoms with Gasteiger partial charge in [-0.15, -0.1) is 0 Å². The van der Waals surface area contributed by atoms with Crippen molar-refractivity contribution in [2.75, 3.05) is 0 Å². The van der Waals surface area contributed by atoms with Crippen LogP contribution in [0.15, 0.2) is 6.33 Å². The molecular weight excluding hydrogens is 148 g/mol. The summed E-state index contributed by atoms with van der Waals surface area (Å²) in [4.78, 5) is 8.53. The van der Waals surface area contributed by atoms with E-state index in [-0.39, 0.29) is 0 Å². The van der Waals surface area contributed by atoms with Crippen molar-refractivity contribution < 1.29 is 0 Å². The SMILES string of the molecule is Cc1ncnc2c1CCC(C)C2. The maximum absolute atomic E-state index is 4.32. The van der Waals surface area contributed by atoms with Gasteiger partial charge in [0.15, 0.2) is 0 Å². The zero-order valence-electron chi connectivity index (χ0n) is 7.67. The van der Waals surface area contributed by atoms with Crippen molar-refractivity contribution in [3.8, 4) is 0 Å². The molecule has 1 aromatic heterocycles. The molecule has 12 heavy (non-hydrogen) atoms. The standard InChI is InChI=1S/C10H14N2/c1-7-3-4-9-8(2)11-6-12-10(9)5-7/h6-7H,3-5H2,1-2H3. The number of rotatable bonds is 0. The first-order chi connectivity index (χ1) is 5.77. The number of hydrogen-bond acceptors (Lipinski definition) is 2. The Kier molecular flexibility index (Phi) is 1.83. The predicted octanol–water partition coefficient (Wildman–Crippen LogP) is 1.91. The lowest BCUT2D eigenvalue weighted by molar-refractivity contribution is 0.488. The number of nitrogens with zero attached hydrogens (tertiary/aromatic N) is 2. The highest BCUT2D eigenvalue weighted by Gasteiger charge is 2.17. The molecular formula is C10H14N2. The molecule has 1 atom stereocenters. The minimum Gasteiger partial charge on any atom is -0.241 e. The van der Waals surface area contributed by atoms with Gasteiger partial charge in [-0.3, -0.25) is 0 Å². The van der Waals surface area contributed by atoms with Gasteiger partial charge in [-0.25, -0.2) is 9.97 Å². The van der Waals surface area contributed by atoms with E-state index < -0.39 is 0 Å². The fourth-order valence-corrected chi connectivity index (χ4v) is 1.87. The summed E-state index contributed by atoms with van der Waals surface area (Å²) in [5.74, 6) is 0.798. The molecule has 0 aromatic carbocycles. The first-order valence-electron chi connectivity index (χ1n) is 4.56. The molecule has 64 valence electrons. The lowest BCUT2D eigenvalue weighted by atomic mass is 9.88. The van der Waals surface area contributed by atoms with Gasteiger partial charge in [-0.05, 0) is 37.7 Å². The zero-order chi connectivity index (χ0) is 8.55. The second kappa shape index (κ2) is 2.85. The monoisotopic (exact) mass is 162 g/mol. The molecule has 2 rings (SSSR count). The van der Waals surface area contributed by atoms with E-state index in [4.69, 9.17) is 0 Å². The van der Waals surface area contributed by atoms with Crippen molar-refractivity contribution in [3.63, 3.8) is 0 Å². The molecule has 0 aliphatic heterocycles. The molecule has 1 aromatic rings. The first-order valence-corrected chi connectivity index (χ1v) is 4.56. The van der Waals surface area contributed by atoms with Crippen LogP contribution >= 0.6 is 0 Å². The van der Waals surface area contributed by atoms with Crippen LogP contribution in [0.4, 0.5) is 0 Å². The quantitative estimate of drug-likeness (QED) is 0.582. The summed E-state index contributed by atoms with van der Waals surface area (Å²) >= 11 is 0. The van der Waals surface area contributed by atoms with E-state index in [1.165, 1.54) is 29.8 Å². The first kappa shape index (κ1) is 7.71. The number of aryl methyl sites for hydroxylation is 1. The molecule has 0 fully saturated rings. The molecule has 0 radical (unpaired) electrons. The van der Waals surface area contributed by atoms with E-state index >= 15 is 0 Å². The molecule has 0 saturated heterocycles. The van der Waals surface area contributed by atoms with Crippen LogP contribution in [0.1, 0.15) is 30.3 Å². The minimum atomic E-state index is 0.798. The van der Waals surface area contributed by atoms with Crippen LogP contribution in [0.5, 0.6) is 0 Å². The minimum absolute atomic E-state index is 0.798. The maximum Gasteiger partial charge on any atom is 0.115 e. The van der Waals surface area contributed by atoms with Crippen molar-refractivity contribution in [1.82, 2.24) is 9.97 Å². The van der Waals surface area contributed by atoms with E-state index in [1.54, 1.807) is 6.33 Å². The van der Waals surface area contributed by atoms with Gasteiger partial charge >= 0.3 is 0 Å². The number of fused-ring (bicyclic) bond motifs is 1. The van der Waals surface area contributed by atoms with Gasteiger partial charge in [-0.1, -0.05) is 6.92 Å². The predicted molar refractivity (Wildman–Crippen MR) is 48.0 cm³/mol. The Morgan fingerprint density at radius 2 is 2.25 bits per heavy atom. The summed E-state index contributed by atoms with van der Waals surface area (Å²) < 4.78 is 0. The lowest BCUT2D eigenvalue weighted by Gasteiger charge is -2.20. The van der Waals surface area contributed by atoms with Gasteiger partial charge in [0.25, 0.3) is 0 Å². The van der Waals surface area contributed by atoms with E-state index in [0.717, 1.165) is 12.3 Å².